The average molecular weight is 236 g/mol. The van der Waals surface area contributed by atoms with E-state index in [9.17, 15) is 4.79 Å². The van der Waals surface area contributed by atoms with E-state index in [1.165, 1.54) is 0 Å². The van der Waals surface area contributed by atoms with E-state index in [-0.39, 0.29) is 11.9 Å². The van der Waals surface area contributed by atoms with Crippen LogP contribution >= 0.6 is 0 Å². The van der Waals surface area contributed by atoms with Gasteiger partial charge in [-0.05, 0) is 25.7 Å². The highest BCUT2D eigenvalue weighted by Gasteiger charge is 2.21. The van der Waals surface area contributed by atoms with Gasteiger partial charge in [0.2, 0.25) is 5.91 Å². The minimum absolute atomic E-state index is 0.105. The molecule has 1 atom stereocenters. The standard InChI is InChI=1S/C12H20N4O/c1-3-9-11(8-16(2)15-9)14-10-6-4-5-7-13-12(10)17/h8,10,14H,3-7H2,1-2H3,(H,13,17). The first kappa shape index (κ1) is 12.0. The van der Waals surface area contributed by atoms with Gasteiger partial charge in [-0.1, -0.05) is 6.92 Å². The Kier molecular flexibility index (Phi) is 3.66. The Hall–Kier alpha value is -1.52. The van der Waals surface area contributed by atoms with Crippen molar-refractivity contribution in [3.05, 3.63) is 11.9 Å². The minimum Gasteiger partial charge on any atom is -0.371 e. The number of anilines is 1. The van der Waals surface area contributed by atoms with Gasteiger partial charge in [0.1, 0.15) is 6.04 Å². The summed E-state index contributed by atoms with van der Waals surface area (Å²) in [7, 11) is 1.90. The molecule has 2 rings (SSSR count). The molecular weight excluding hydrogens is 216 g/mol. The van der Waals surface area contributed by atoms with Crippen LogP contribution in [-0.4, -0.2) is 28.3 Å². The Bertz CT molecular complexity index is 399. The molecule has 5 nitrogen and oxygen atoms in total. The molecule has 0 spiro atoms. The Morgan fingerprint density at radius 2 is 2.41 bits per heavy atom. The van der Waals surface area contributed by atoms with Crippen molar-refractivity contribution in [3.63, 3.8) is 0 Å². The molecule has 1 unspecified atom stereocenters. The number of aryl methyl sites for hydroxylation is 2. The van der Waals surface area contributed by atoms with E-state index < -0.39 is 0 Å². The van der Waals surface area contributed by atoms with E-state index in [1.54, 1.807) is 4.68 Å². The molecule has 1 aromatic heterocycles. The van der Waals surface area contributed by atoms with Crippen molar-refractivity contribution in [2.24, 2.45) is 7.05 Å². The number of hydrogen-bond donors (Lipinski definition) is 2. The van der Waals surface area contributed by atoms with Crippen molar-refractivity contribution < 1.29 is 4.79 Å². The fraction of sp³-hybridized carbons (Fsp3) is 0.667. The largest absolute Gasteiger partial charge is 0.371 e. The van der Waals surface area contributed by atoms with E-state index in [2.05, 4.69) is 22.7 Å². The van der Waals surface area contributed by atoms with Gasteiger partial charge in [0.15, 0.2) is 0 Å². The molecule has 0 aliphatic carbocycles. The highest BCUT2D eigenvalue weighted by molar-refractivity contribution is 5.84. The van der Waals surface area contributed by atoms with Crippen LogP contribution in [0, 0.1) is 0 Å². The lowest BCUT2D eigenvalue weighted by molar-refractivity contribution is -0.121. The summed E-state index contributed by atoms with van der Waals surface area (Å²) in [5.41, 5.74) is 2.00. The molecule has 0 saturated carbocycles. The number of aromatic nitrogens is 2. The summed E-state index contributed by atoms with van der Waals surface area (Å²) in [6, 6.07) is -0.119. The minimum atomic E-state index is -0.119. The zero-order chi connectivity index (χ0) is 12.3. The zero-order valence-corrected chi connectivity index (χ0v) is 10.5. The number of rotatable bonds is 3. The van der Waals surface area contributed by atoms with Gasteiger partial charge in [0, 0.05) is 19.8 Å². The molecule has 94 valence electrons. The molecule has 0 radical (unpaired) electrons. The smallest absolute Gasteiger partial charge is 0.242 e. The Morgan fingerprint density at radius 3 is 3.18 bits per heavy atom. The molecule has 1 amide bonds. The second kappa shape index (κ2) is 5.21. The van der Waals surface area contributed by atoms with Gasteiger partial charge >= 0.3 is 0 Å². The van der Waals surface area contributed by atoms with Crippen molar-refractivity contribution in [2.45, 2.75) is 38.6 Å². The molecular formula is C12H20N4O. The average Bonchev–Trinajstić information content (AvgIpc) is 2.54. The van der Waals surface area contributed by atoms with Crippen LogP contribution in [0.25, 0.3) is 0 Å². The fourth-order valence-electron chi connectivity index (χ4n) is 2.18. The molecule has 1 aromatic rings. The van der Waals surface area contributed by atoms with Gasteiger partial charge < -0.3 is 10.6 Å². The number of amides is 1. The van der Waals surface area contributed by atoms with Gasteiger partial charge in [0.05, 0.1) is 11.4 Å². The summed E-state index contributed by atoms with van der Waals surface area (Å²) >= 11 is 0. The van der Waals surface area contributed by atoms with Crippen molar-refractivity contribution in [1.29, 1.82) is 0 Å². The third kappa shape index (κ3) is 2.78. The Morgan fingerprint density at radius 1 is 1.59 bits per heavy atom. The molecule has 1 saturated heterocycles. The molecule has 5 heteroatoms. The van der Waals surface area contributed by atoms with Gasteiger partial charge in [-0.25, -0.2) is 0 Å². The number of nitrogens with zero attached hydrogens (tertiary/aromatic N) is 2. The van der Waals surface area contributed by atoms with Crippen molar-refractivity contribution in [1.82, 2.24) is 15.1 Å². The van der Waals surface area contributed by atoms with Crippen LogP contribution in [0.1, 0.15) is 31.9 Å². The van der Waals surface area contributed by atoms with Gasteiger partial charge in [-0.3, -0.25) is 9.48 Å². The van der Waals surface area contributed by atoms with E-state index >= 15 is 0 Å². The molecule has 2 N–H and O–H groups in total. The topological polar surface area (TPSA) is 59.0 Å². The molecule has 1 aliphatic rings. The normalized spacial score (nSPS) is 20.8. The third-order valence-corrected chi connectivity index (χ3v) is 3.11. The van der Waals surface area contributed by atoms with Crippen LogP contribution in [0.15, 0.2) is 6.20 Å². The van der Waals surface area contributed by atoms with E-state index in [1.807, 2.05) is 13.2 Å². The number of hydrogen-bond acceptors (Lipinski definition) is 3. The molecule has 0 bridgehead atoms. The summed E-state index contributed by atoms with van der Waals surface area (Å²) in [6.45, 7) is 2.87. The lowest BCUT2D eigenvalue weighted by Gasteiger charge is -2.15. The first-order valence-electron chi connectivity index (χ1n) is 6.27. The monoisotopic (exact) mass is 236 g/mol. The summed E-state index contributed by atoms with van der Waals surface area (Å²) in [6.07, 6.45) is 5.86. The van der Waals surface area contributed by atoms with Gasteiger partial charge in [-0.2, -0.15) is 5.10 Å². The van der Waals surface area contributed by atoms with Crippen LogP contribution < -0.4 is 10.6 Å². The van der Waals surface area contributed by atoms with Crippen molar-refractivity contribution in [2.75, 3.05) is 11.9 Å². The summed E-state index contributed by atoms with van der Waals surface area (Å²) in [5, 5.41) is 10.6. The maximum absolute atomic E-state index is 11.8. The maximum Gasteiger partial charge on any atom is 0.242 e. The first-order chi connectivity index (χ1) is 8.20. The van der Waals surface area contributed by atoms with Crippen LogP contribution in [0.5, 0.6) is 0 Å². The van der Waals surface area contributed by atoms with E-state index in [4.69, 9.17) is 0 Å². The van der Waals surface area contributed by atoms with Crippen LogP contribution in [0.2, 0.25) is 0 Å². The summed E-state index contributed by atoms with van der Waals surface area (Å²) in [5.74, 6) is 0.105. The molecule has 1 fully saturated rings. The lowest BCUT2D eigenvalue weighted by Crippen LogP contribution is -2.37. The SMILES string of the molecule is CCc1nn(C)cc1NC1CCCCNC1=O. The third-order valence-electron chi connectivity index (χ3n) is 3.11. The predicted octanol–water partition coefficient (Wildman–Crippen LogP) is 1.06. The van der Waals surface area contributed by atoms with Crippen molar-refractivity contribution in [3.8, 4) is 0 Å². The molecule has 2 heterocycles. The number of carbonyl (C=O) groups is 1. The van der Waals surface area contributed by atoms with Gasteiger partial charge in [-0.15, -0.1) is 0 Å². The maximum atomic E-state index is 11.8. The Balaban J connectivity index is 2.10. The highest BCUT2D eigenvalue weighted by atomic mass is 16.2. The predicted molar refractivity (Wildman–Crippen MR) is 66.9 cm³/mol. The highest BCUT2D eigenvalue weighted by Crippen LogP contribution is 2.17. The number of carbonyl (C=O) groups excluding carboxylic acids is 1. The van der Waals surface area contributed by atoms with Gasteiger partial charge in [0.25, 0.3) is 0 Å². The quantitative estimate of drug-likeness (QED) is 0.825. The molecule has 1 aliphatic heterocycles. The van der Waals surface area contributed by atoms with Crippen molar-refractivity contribution >= 4 is 11.6 Å². The van der Waals surface area contributed by atoms with E-state index in [0.29, 0.717) is 0 Å². The summed E-state index contributed by atoms with van der Waals surface area (Å²) < 4.78 is 1.79. The van der Waals surface area contributed by atoms with E-state index in [0.717, 1.165) is 43.6 Å². The van der Waals surface area contributed by atoms with Crippen LogP contribution in [-0.2, 0) is 18.3 Å². The van der Waals surface area contributed by atoms with Crippen LogP contribution in [0.4, 0.5) is 5.69 Å². The Labute approximate surface area is 102 Å². The van der Waals surface area contributed by atoms with Crippen LogP contribution in [0.3, 0.4) is 0 Å². The fourth-order valence-corrected chi connectivity index (χ4v) is 2.18. The number of nitrogens with one attached hydrogen (secondary N) is 2. The zero-order valence-electron chi connectivity index (χ0n) is 10.5. The first-order valence-corrected chi connectivity index (χ1v) is 6.27. The second-order valence-electron chi connectivity index (χ2n) is 4.50. The molecule has 0 aromatic carbocycles. The molecule has 17 heavy (non-hydrogen) atoms. The lowest BCUT2D eigenvalue weighted by atomic mass is 10.1. The summed E-state index contributed by atoms with van der Waals surface area (Å²) in [4.78, 5) is 11.8. The second-order valence-corrected chi connectivity index (χ2v) is 4.50.